The predicted molar refractivity (Wildman–Crippen MR) is 126 cm³/mol. The van der Waals surface area contributed by atoms with Gasteiger partial charge in [-0.1, -0.05) is 50.6 Å². The lowest BCUT2D eigenvalue weighted by Crippen LogP contribution is -2.59. The second-order valence-corrected chi connectivity index (χ2v) is 8.77. The minimum atomic E-state index is -1.52. The van der Waals surface area contributed by atoms with E-state index >= 15 is 0 Å². The minimum absolute atomic E-state index is 0.0183. The average Bonchev–Trinajstić information content (AvgIpc) is 3.36. The number of aliphatic carboxylic acids is 2. The summed E-state index contributed by atoms with van der Waals surface area (Å²) in [5.74, 6) is -4.91. The van der Waals surface area contributed by atoms with Crippen molar-refractivity contribution >= 4 is 29.7 Å². The van der Waals surface area contributed by atoms with Gasteiger partial charge < -0.3 is 31.5 Å². The van der Waals surface area contributed by atoms with Gasteiger partial charge in [0.05, 0.1) is 12.5 Å². The second kappa shape index (κ2) is 13.4. The Morgan fingerprint density at radius 1 is 1.00 bits per heavy atom. The Morgan fingerprint density at radius 2 is 1.66 bits per heavy atom. The number of carbonyl (C=O) groups excluding carboxylic acids is 3. The van der Waals surface area contributed by atoms with Gasteiger partial charge in [-0.05, 0) is 30.9 Å². The molecule has 0 bridgehead atoms. The molecule has 1 saturated heterocycles. The maximum Gasteiger partial charge on any atom is 0.326 e. The molecule has 0 aliphatic carbocycles. The molecule has 35 heavy (non-hydrogen) atoms. The third kappa shape index (κ3) is 8.67. The third-order valence-corrected chi connectivity index (χ3v) is 6.08. The molecule has 2 rings (SSSR count). The predicted octanol–water partition coefficient (Wildman–Crippen LogP) is 0.0409. The first-order valence-corrected chi connectivity index (χ1v) is 11.7. The molecule has 11 nitrogen and oxygen atoms in total. The first kappa shape index (κ1) is 27.8. The van der Waals surface area contributed by atoms with Gasteiger partial charge in [0, 0.05) is 6.42 Å². The average molecular weight is 491 g/mol. The van der Waals surface area contributed by atoms with Crippen LogP contribution in [0.2, 0.25) is 0 Å². The molecule has 1 aromatic rings. The molecular weight excluding hydrogens is 456 g/mol. The van der Waals surface area contributed by atoms with E-state index < -0.39 is 54.3 Å². The van der Waals surface area contributed by atoms with E-state index in [-0.39, 0.29) is 18.2 Å². The van der Waals surface area contributed by atoms with Crippen LogP contribution in [0.15, 0.2) is 30.3 Å². The number of carboxylic acids is 2. The Labute approximate surface area is 204 Å². The molecule has 1 aliphatic heterocycles. The summed E-state index contributed by atoms with van der Waals surface area (Å²) in [4.78, 5) is 61.6. The van der Waals surface area contributed by atoms with E-state index in [1.807, 2.05) is 6.92 Å². The van der Waals surface area contributed by atoms with E-state index in [0.29, 0.717) is 24.9 Å². The van der Waals surface area contributed by atoms with Crippen molar-refractivity contribution in [1.82, 2.24) is 21.3 Å². The van der Waals surface area contributed by atoms with Crippen LogP contribution in [0, 0.1) is 5.92 Å². The molecular formula is C24H34N4O7. The van der Waals surface area contributed by atoms with Gasteiger partial charge in [0.25, 0.3) is 0 Å². The van der Waals surface area contributed by atoms with Crippen molar-refractivity contribution in [2.45, 2.75) is 70.1 Å². The zero-order valence-electron chi connectivity index (χ0n) is 20.0. The molecule has 1 aromatic carbocycles. The Hall–Kier alpha value is -3.47. The van der Waals surface area contributed by atoms with Gasteiger partial charge >= 0.3 is 11.9 Å². The van der Waals surface area contributed by atoms with Crippen LogP contribution in [0.25, 0.3) is 0 Å². The van der Waals surface area contributed by atoms with Crippen LogP contribution >= 0.6 is 0 Å². The fourth-order valence-corrected chi connectivity index (χ4v) is 3.83. The van der Waals surface area contributed by atoms with Crippen molar-refractivity contribution in [1.29, 1.82) is 0 Å². The van der Waals surface area contributed by atoms with Crippen LogP contribution in [0.5, 0.6) is 0 Å². The number of benzene rings is 1. The van der Waals surface area contributed by atoms with E-state index in [4.69, 9.17) is 0 Å². The summed E-state index contributed by atoms with van der Waals surface area (Å²) in [7, 11) is 0. The molecule has 1 fully saturated rings. The van der Waals surface area contributed by atoms with Gasteiger partial charge in [-0.3, -0.25) is 19.2 Å². The zero-order chi connectivity index (χ0) is 26.0. The lowest BCUT2D eigenvalue weighted by Gasteiger charge is -2.27. The Balaban J connectivity index is 2.13. The smallest absolute Gasteiger partial charge is 0.326 e. The van der Waals surface area contributed by atoms with Crippen molar-refractivity contribution in [2.24, 2.45) is 5.92 Å². The summed E-state index contributed by atoms with van der Waals surface area (Å²) in [5, 5.41) is 29.3. The number of carbonyl (C=O) groups is 5. The maximum atomic E-state index is 13.1. The fourth-order valence-electron chi connectivity index (χ4n) is 3.83. The first-order valence-electron chi connectivity index (χ1n) is 11.7. The summed E-state index contributed by atoms with van der Waals surface area (Å²) in [6, 6.07) is 4.39. The number of nitrogens with one attached hydrogen (secondary N) is 4. The molecule has 0 radical (unpaired) electrons. The number of amides is 3. The van der Waals surface area contributed by atoms with Crippen molar-refractivity contribution in [3.05, 3.63) is 35.9 Å². The van der Waals surface area contributed by atoms with Gasteiger partial charge in [-0.25, -0.2) is 4.79 Å². The van der Waals surface area contributed by atoms with E-state index in [0.717, 1.165) is 6.42 Å². The summed E-state index contributed by atoms with van der Waals surface area (Å²) in [6.45, 7) is 4.31. The fraction of sp³-hybridized carbons (Fsp3) is 0.542. The van der Waals surface area contributed by atoms with E-state index in [2.05, 4.69) is 21.3 Å². The molecule has 1 heterocycles. The number of carboxylic acid groups (broad SMARTS) is 2. The van der Waals surface area contributed by atoms with Crippen LogP contribution in [0.4, 0.5) is 0 Å². The minimum Gasteiger partial charge on any atom is -0.481 e. The van der Waals surface area contributed by atoms with Crippen LogP contribution in [0.3, 0.4) is 0 Å². The SMILES string of the molecule is CCC(C)C(NC(=O)C1CCCN1)C(=O)NC(CC(=O)O)C(=O)NC(Cc1ccccc1)C(=O)O. The summed E-state index contributed by atoms with van der Waals surface area (Å²) in [6.07, 6.45) is 1.26. The van der Waals surface area contributed by atoms with Crippen LogP contribution in [-0.2, 0) is 30.4 Å². The van der Waals surface area contributed by atoms with Crippen molar-refractivity contribution in [2.75, 3.05) is 6.54 Å². The Morgan fingerprint density at radius 3 is 2.20 bits per heavy atom. The molecule has 0 spiro atoms. The van der Waals surface area contributed by atoms with Gasteiger partial charge in [0.1, 0.15) is 18.1 Å². The second-order valence-electron chi connectivity index (χ2n) is 8.77. The Bertz CT molecular complexity index is 902. The number of rotatable bonds is 13. The highest BCUT2D eigenvalue weighted by atomic mass is 16.4. The summed E-state index contributed by atoms with van der Waals surface area (Å²) in [5.41, 5.74) is 0.666. The molecule has 192 valence electrons. The molecule has 5 unspecified atom stereocenters. The van der Waals surface area contributed by atoms with E-state index in [9.17, 15) is 34.2 Å². The van der Waals surface area contributed by atoms with Crippen LogP contribution in [-0.4, -0.2) is 70.6 Å². The van der Waals surface area contributed by atoms with Crippen molar-refractivity contribution in [3.63, 3.8) is 0 Å². The molecule has 1 aliphatic rings. The van der Waals surface area contributed by atoms with Gasteiger partial charge in [0.2, 0.25) is 17.7 Å². The molecule has 0 saturated carbocycles. The third-order valence-electron chi connectivity index (χ3n) is 6.08. The molecule has 0 aromatic heterocycles. The van der Waals surface area contributed by atoms with Crippen LogP contribution in [0.1, 0.15) is 45.1 Å². The monoisotopic (exact) mass is 490 g/mol. The van der Waals surface area contributed by atoms with Crippen molar-refractivity contribution < 1.29 is 34.2 Å². The zero-order valence-corrected chi connectivity index (χ0v) is 20.0. The molecule has 5 atom stereocenters. The van der Waals surface area contributed by atoms with Gasteiger partial charge in [-0.2, -0.15) is 0 Å². The maximum absolute atomic E-state index is 13.1. The van der Waals surface area contributed by atoms with Gasteiger partial charge in [-0.15, -0.1) is 0 Å². The normalized spacial score (nSPS) is 18.5. The number of hydrogen-bond donors (Lipinski definition) is 6. The first-order chi connectivity index (χ1) is 16.6. The Kier molecular flexibility index (Phi) is 10.7. The molecule has 6 N–H and O–H groups in total. The highest BCUT2D eigenvalue weighted by molar-refractivity contribution is 5.95. The lowest BCUT2D eigenvalue weighted by molar-refractivity contribution is -0.143. The largest absolute Gasteiger partial charge is 0.481 e. The quantitative estimate of drug-likeness (QED) is 0.225. The summed E-state index contributed by atoms with van der Waals surface area (Å²) < 4.78 is 0. The molecule has 11 heteroatoms. The molecule has 3 amide bonds. The van der Waals surface area contributed by atoms with Crippen LogP contribution < -0.4 is 21.3 Å². The number of hydrogen-bond acceptors (Lipinski definition) is 6. The van der Waals surface area contributed by atoms with Gasteiger partial charge in [0.15, 0.2) is 0 Å². The lowest BCUT2D eigenvalue weighted by atomic mass is 9.97. The topological polar surface area (TPSA) is 174 Å². The highest BCUT2D eigenvalue weighted by Gasteiger charge is 2.34. The highest BCUT2D eigenvalue weighted by Crippen LogP contribution is 2.12. The van der Waals surface area contributed by atoms with E-state index in [1.54, 1.807) is 37.3 Å². The summed E-state index contributed by atoms with van der Waals surface area (Å²) >= 11 is 0. The standard InChI is InChI=1S/C24H34N4O7/c1-3-14(2)20(28-21(31)16-10-7-11-25-16)23(33)26-17(13-19(29)30)22(32)27-18(24(34)35)12-15-8-5-4-6-9-15/h4-6,8-9,14,16-18,20,25H,3,7,10-13H2,1-2H3,(H,26,33)(H,27,32)(H,28,31)(H,29,30)(H,34,35). The van der Waals surface area contributed by atoms with E-state index in [1.165, 1.54) is 0 Å². The van der Waals surface area contributed by atoms with Crippen molar-refractivity contribution in [3.8, 4) is 0 Å².